The number of hydrogen-bond donors (Lipinski definition) is 2. The normalized spacial score (nSPS) is 14.2. The van der Waals surface area contributed by atoms with E-state index < -0.39 is 11.7 Å². The van der Waals surface area contributed by atoms with Gasteiger partial charge in [0.2, 0.25) is 11.8 Å². The molecule has 244 valence electrons. The number of ether oxygens (including phenoxy) is 1. The second kappa shape index (κ2) is 13.5. The molecule has 13 heteroatoms. The third-order valence-corrected chi connectivity index (χ3v) is 9.12. The third-order valence-electron chi connectivity index (χ3n) is 8.31. The van der Waals surface area contributed by atoms with Gasteiger partial charge in [-0.15, -0.1) is 0 Å². The van der Waals surface area contributed by atoms with Gasteiger partial charge in [-0.1, -0.05) is 59.6 Å². The van der Waals surface area contributed by atoms with E-state index in [0.29, 0.717) is 74.0 Å². The molecule has 3 aromatic heterocycles. The van der Waals surface area contributed by atoms with E-state index >= 15 is 0 Å². The van der Waals surface area contributed by atoms with Crippen LogP contribution in [0.1, 0.15) is 34.5 Å². The van der Waals surface area contributed by atoms with Crippen molar-refractivity contribution in [2.45, 2.75) is 32.4 Å². The highest BCUT2D eigenvalue weighted by molar-refractivity contribution is 6.39. The number of nitrogens with one attached hydrogen (secondary N) is 1. The third kappa shape index (κ3) is 6.22. The molecule has 1 fully saturated rings. The maximum absolute atomic E-state index is 12.7. The van der Waals surface area contributed by atoms with Crippen molar-refractivity contribution in [2.75, 3.05) is 13.7 Å². The van der Waals surface area contributed by atoms with Gasteiger partial charge in [0.25, 0.3) is 5.56 Å². The number of aryl methyl sites for hydroxylation is 1. The largest absolute Gasteiger partial charge is 0.481 e. The van der Waals surface area contributed by atoms with Crippen LogP contribution in [0.25, 0.3) is 39.2 Å². The fraction of sp³-hybridized carbons (Fsp3) is 0.200. The van der Waals surface area contributed by atoms with Gasteiger partial charge in [-0.3, -0.25) is 18.8 Å². The lowest BCUT2D eigenvalue weighted by atomic mass is 9.96. The number of pyridine rings is 2. The molecule has 1 atom stereocenters. The summed E-state index contributed by atoms with van der Waals surface area (Å²) in [6.45, 7) is 1.92. The second-order valence-corrected chi connectivity index (χ2v) is 12.1. The smallest absolute Gasteiger partial charge is 0.407 e. The molecule has 0 radical (unpaired) electrons. The Bertz CT molecular complexity index is 2170. The number of fused-ring (bicyclic) bond motifs is 1. The minimum absolute atomic E-state index is 0.0188. The summed E-state index contributed by atoms with van der Waals surface area (Å²) in [6, 6.07) is 17.9. The number of carbonyl (C=O) groups excluding carboxylic acids is 2. The lowest BCUT2D eigenvalue weighted by molar-refractivity contribution is -0.119. The molecule has 1 aliphatic heterocycles. The highest BCUT2D eigenvalue weighted by Gasteiger charge is 2.26. The number of rotatable bonds is 9. The number of methoxy groups -OCH3 is 1. The van der Waals surface area contributed by atoms with Crippen LogP contribution < -0.4 is 15.6 Å². The number of hydrogen-bond acceptors (Lipinski definition) is 7. The Labute approximate surface area is 284 Å². The van der Waals surface area contributed by atoms with Crippen molar-refractivity contribution in [3.63, 3.8) is 0 Å². The summed E-state index contributed by atoms with van der Waals surface area (Å²) in [6.07, 6.45) is 1.57. The van der Waals surface area contributed by atoms with Crippen LogP contribution in [0.3, 0.4) is 0 Å². The average molecular weight is 687 g/mol. The second-order valence-electron chi connectivity index (χ2n) is 11.4. The molecule has 2 amide bonds. The maximum atomic E-state index is 12.7. The molecule has 11 nitrogen and oxygen atoms in total. The number of aldehydes is 1. The molecule has 48 heavy (non-hydrogen) atoms. The molecular formula is C35H29Cl2N5O6. The van der Waals surface area contributed by atoms with Crippen molar-refractivity contribution in [1.29, 1.82) is 0 Å². The van der Waals surface area contributed by atoms with E-state index in [1.807, 2.05) is 36.4 Å². The molecule has 1 saturated heterocycles. The summed E-state index contributed by atoms with van der Waals surface area (Å²) < 4.78 is 6.95. The van der Waals surface area contributed by atoms with Gasteiger partial charge in [0, 0.05) is 58.7 Å². The van der Waals surface area contributed by atoms with Crippen molar-refractivity contribution >= 4 is 47.1 Å². The number of aromatic nitrogens is 3. The molecule has 2 N–H and O–H groups in total. The van der Waals surface area contributed by atoms with Crippen molar-refractivity contribution in [3.8, 4) is 39.4 Å². The van der Waals surface area contributed by atoms with Crippen LogP contribution in [0.15, 0.2) is 71.7 Å². The van der Waals surface area contributed by atoms with Gasteiger partial charge in [-0.25, -0.2) is 14.8 Å². The lowest BCUT2D eigenvalue weighted by Crippen LogP contribution is -2.41. The SMILES string of the molecule is COc1nc(-c2cccc(-c3cccc(-c4cc(C)n5c(=O)c(C=O)cnc5c4)c3Cl)c2Cl)ccc1CN(C[C@@H]1CCC(=O)N1)C(=O)O. The van der Waals surface area contributed by atoms with Crippen molar-refractivity contribution < 1.29 is 24.2 Å². The van der Waals surface area contributed by atoms with E-state index in [2.05, 4.69) is 15.3 Å². The first kappa shape index (κ1) is 32.7. The van der Waals surface area contributed by atoms with Crippen LogP contribution in [0.5, 0.6) is 5.88 Å². The van der Waals surface area contributed by atoms with Gasteiger partial charge in [0.15, 0.2) is 6.29 Å². The highest BCUT2D eigenvalue weighted by Crippen LogP contribution is 2.42. The summed E-state index contributed by atoms with van der Waals surface area (Å²) in [5.74, 6) is 0.158. The standard InChI is InChI=1S/C35H29Cl2N5O6/c1-19-13-21(14-29-38-15-22(18-43)34(45)42(19)29)24-5-3-6-25(31(24)36)26-7-4-8-27(32(26)37)28-11-9-20(33(40-28)48-2)16-41(35(46)47)17-23-10-12-30(44)39-23/h3-9,11,13-15,18,23H,10,12,16-17H2,1-2H3,(H,39,44)(H,46,47)/t23-/m0/s1. The minimum Gasteiger partial charge on any atom is -0.481 e. The Morgan fingerprint density at radius 1 is 1.06 bits per heavy atom. The molecular weight excluding hydrogens is 657 g/mol. The molecule has 4 heterocycles. The summed E-state index contributed by atoms with van der Waals surface area (Å²) in [4.78, 5) is 57.8. The fourth-order valence-corrected chi connectivity index (χ4v) is 6.61. The topological polar surface area (TPSA) is 143 Å². The Morgan fingerprint density at radius 2 is 1.75 bits per heavy atom. The van der Waals surface area contributed by atoms with E-state index in [4.69, 9.17) is 27.9 Å². The average Bonchev–Trinajstić information content (AvgIpc) is 3.49. The Morgan fingerprint density at radius 3 is 2.40 bits per heavy atom. The Kier molecular flexibility index (Phi) is 9.16. The van der Waals surface area contributed by atoms with E-state index in [9.17, 15) is 24.3 Å². The van der Waals surface area contributed by atoms with Crippen LogP contribution in [0.4, 0.5) is 4.79 Å². The van der Waals surface area contributed by atoms with Crippen LogP contribution in [-0.4, -0.2) is 62.4 Å². The van der Waals surface area contributed by atoms with Crippen molar-refractivity contribution in [2.24, 2.45) is 0 Å². The summed E-state index contributed by atoms with van der Waals surface area (Å²) in [5.41, 5.74) is 4.91. The number of carboxylic acid groups (broad SMARTS) is 1. The van der Waals surface area contributed by atoms with Gasteiger partial charge in [0.1, 0.15) is 5.65 Å². The molecule has 5 aromatic rings. The molecule has 0 bridgehead atoms. The molecule has 0 spiro atoms. The predicted molar refractivity (Wildman–Crippen MR) is 182 cm³/mol. The van der Waals surface area contributed by atoms with Gasteiger partial charge < -0.3 is 20.1 Å². The molecule has 0 saturated carbocycles. The first-order valence-electron chi connectivity index (χ1n) is 15.0. The molecule has 0 aliphatic carbocycles. The summed E-state index contributed by atoms with van der Waals surface area (Å²) in [7, 11) is 1.46. The first-order chi connectivity index (χ1) is 23.1. The van der Waals surface area contributed by atoms with Crippen LogP contribution in [0.2, 0.25) is 10.0 Å². The number of nitrogens with zero attached hydrogens (tertiary/aromatic N) is 4. The Hall–Kier alpha value is -5.26. The molecule has 6 rings (SSSR count). The summed E-state index contributed by atoms with van der Waals surface area (Å²) in [5, 5.41) is 13.5. The van der Waals surface area contributed by atoms with Gasteiger partial charge in [-0.05, 0) is 43.2 Å². The van der Waals surface area contributed by atoms with Gasteiger partial charge >= 0.3 is 6.09 Å². The van der Waals surface area contributed by atoms with Crippen molar-refractivity contribution in [1.82, 2.24) is 24.6 Å². The predicted octanol–water partition coefficient (Wildman–Crippen LogP) is 6.29. The van der Waals surface area contributed by atoms with Crippen LogP contribution in [0, 0.1) is 6.92 Å². The van der Waals surface area contributed by atoms with Crippen molar-refractivity contribution in [3.05, 3.63) is 104 Å². The van der Waals surface area contributed by atoms with Crippen LogP contribution >= 0.6 is 23.2 Å². The fourth-order valence-electron chi connectivity index (χ4n) is 5.94. The zero-order valence-electron chi connectivity index (χ0n) is 25.9. The number of benzene rings is 2. The van der Waals surface area contributed by atoms with E-state index in [0.717, 1.165) is 5.56 Å². The number of halogens is 2. The zero-order chi connectivity index (χ0) is 34.1. The highest BCUT2D eigenvalue weighted by atomic mass is 35.5. The van der Waals surface area contributed by atoms with Crippen LogP contribution in [-0.2, 0) is 11.3 Å². The number of carbonyl (C=O) groups is 3. The zero-order valence-corrected chi connectivity index (χ0v) is 27.4. The maximum Gasteiger partial charge on any atom is 0.407 e. The van der Waals surface area contributed by atoms with Gasteiger partial charge in [-0.2, -0.15) is 0 Å². The van der Waals surface area contributed by atoms with E-state index in [1.165, 1.54) is 22.6 Å². The quantitative estimate of drug-likeness (QED) is 0.173. The lowest BCUT2D eigenvalue weighted by Gasteiger charge is -2.23. The molecule has 2 aromatic carbocycles. The molecule has 0 unspecified atom stereocenters. The van der Waals surface area contributed by atoms with Gasteiger partial charge in [0.05, 0.1) is 35.0 Å². The molecule has 1 aliphatic rings. The minimum atomic E-state index is -1.12. The summed E-state index contributed by atoms with van der Waals surface area (Å²) >= 11 is 14.1. The van der Waals surface area contributed by atoms with E-state index in [1.54, 1.807) is 31.2 Å². The Balaban J connectivity index is 1.33. The number of amides is 2. The monoisotopic (exact) mass is 685 g/mol. The first-order valence-corrected chi connectivity index (χ1v) is 15.7. The van der Waals surface area contributed by atoms with E-state index in [-0.39, 0.29) is 36.5 Å².